The molecule has 1 atom stereocenters. The summed E-state index contributed by atoms with van der Waals surface area (Å²) in [4.78, 5) is 12.1. The van der Waals surface area contributed by atoms with Gasteiger partial charge in [-0.05, 0) is 41.8 Å². The molecule has 0 aliphatic heterocycles. The Morgan fingerprint density at radius 2 is 1.43 bits per heavy atom. The maximum absolute atomic E-state index is 12.1. The molecule has 3 nitrogen and oxygen atoms in total. The van der Waals surface area contributed by atoms with Crippen LogP contribution in [0.2, 0.25) is 16.6 Å². The average Bonchev–Trinajstić information content (AvgIpc) is 2.62. The van der Waals surface area contributed by atoms with Crippen LogP contribution in [0.1, 0.15) is 100 Å². The molecule has 166 valence electrons. The molecular formula is C24H49NO2Si. The van der Waals surface area contributed by atoms with Crippen molar-refractivity contribution in [2.75, 3.05) is 13.2 Å². The lowest BCUT2D eigenvalue weighted by atomic mass is 9.95. The fourth-order valence-corrected chi connectivity index (χ4v) is 10.0. The Bertz CT molecular complexity index is 424. The van der Waals surface area contributed by atoms with Crippen molar-refractivity contribution in [2.24, 2.45) is 5.92 Å². The topological polar surface area (TPSA) is 38.3 Å². The van der Waals surface area contributed by atoms with E-state index in [1.165, 1.54) is 12.8 Å². The van der Waals surface area contributed by atoms with Crippen LogP contribution in [0.5, 0.6) is 0 Å². The van der Waals surface area contributed by atoms with E-state index in [-0.39, 0.29) is 11.8 Å². The molecule has 0 aromatic heterocycles. The van der Waals surface area contributed by atoms with E-state index in [0.29, 0.717) is 16.6 Å². The molecule has 0 saturated carbocycles. The van der Waals surface area contributed by atoms with E-state index in [0.717, 1.165) is 50.8 Å². The number of nitrogens with one attached hydrogen (secondary N) is 1. The van der Waals surface area contributed by atoms with Crippen molar-refractivity contribution in [3.8, 4) is 0 Å². The summed E-state index contributed by atoms with van der Waals surface area (Å²) in [7, 11) is -1.71. The van der Waals surface area contributed by atoms with Gasteiger partial charge in [0.15, 0.2) is 8.32 Å². The van der Waals surface area contributed by atoms with Crippen molar-refractivity contribution < 1.29 is 9.22 Å². The molecule has 0 aliphatic rings. The van der Waals surface area contributed by atoms with Crippen LogP contribution in [0.4, 0.5) is 0 Å². The molecule has 0 fully saturated rings. The summed E-state index contributed by atoms with van der Waals surface area (Å²) in [6.07, 6.45) is 7.89. The largest absolute Gasteiger partial charge is 0.416 e. The van der Waals surface area contributed by atoms with Crippen molar-refractivity contribution in [2.45, 2.75) is 117 Å². The summed E-state index contributed by atoms with van der Waals surface area (Å²) >= 11 is 0. The fourth-order valence-electron chi connectivity index (χ4n) is 4.55. The van der Waals surface area contributed by atoms with Crippen LogP contribution in [0, 0.1) is 5.92 Å². The molecule has 1 unspecified atom stereocenters. The van der Waals surface area contributed by atoms with Gasteiger partial charge >= 0.3 is 0 Å². The Morgan fingerprint density at radius 3 is 1.93 bits per heavy atom. The quantitative estimate of drug-likeness (QED) is 0.165. The SMILES string of the molecule is C=C(C(=O)NCCCC)C(C)CCCCCCO[Si](C(C)C)(C(C)C)C(C)C. The molecule has 0 saturated heterocycles. The maximum Gasteiger partial charge on any atom is 0.246 e. The van der Waals surface area contributed by atoms with E-state index >= 15 is 0 Å². The Kier molecular flexibility index (Phi) is 14.1. The molecule has 0 rings (SSSR count). The van der Waals surface area contributed by atoms with Crippen LogP contribution >= 0.6 is 0 Å². The highest BCUT2D eigenvalue weighted by atomic mass is 28.4. The first-order valence-electron chi connectivity index (χ1n) is 11.7. The molecule has 0 heterocycles. The van der Waals surface area contributed by atoms with E-state index in [2.05, 4.69) is 67.3 Å². The van der Waals surface area contributed by atoms with Gasteiger partial charge in [0.05, 0.1) is 0 Å². The smallest absolute Gasteiger partial charge is 0.246 e. The highest BCUT2D eigenvalue weighted by Crippen LogP contribution is 2.42. The third kappa shape index (κ3) is 8.81. The van der Waals surface area contributed by atoms with E-state index in [4.69, 9.17) is 4.43 Å². The number of carbonyl (C=O) groups excluding carboxylic acids is 1. The number of amides is 1. The summed E-state index contributed by atoms with van der Waals surface area (Å²) in [5, 5.41) is 2.97. The van der Waals surface area contributed by atoms with E-state index < -0.39 is 8.32 Å². The summed E-state index contributed by atoms with van der Waals surface area (Å²) in [5.74, 6) is 0.299. The summed E-state index contributed by atoms with van der Waals surface area (Å²) in [6.45, 7) is 24.0. The molecular weight excluding hydrogens is 362 g/mol. The monoisotopic (exact) mass is 411 g/mol. The zero-order chi connectivity index (χ0) is 21.7. The molecule has 28 heavy (non-hydrogen) atoms. The first-order valence-corrected chi connectivity index (χ1v) is 13.9. The minimum absolute atomic E-state index is 0.0340. The van der Waals surface area contributed by atoms with Crippen molar-refractivity contribution in [3.05, 3.63) is 12.2 Å². The average molecular weight is 412 g/mol. The Labute approximate surface area is 177 Å². The van der Waals surface area contributed by atoms with Crippen molar-refractivity contribution in [1.82, 2.24) is 5.32 Å². The van der Waals surface area contributed by atoms with Crippen LogP contribution in [-0.4, -0.2) is 27.4 Å². The first-order chi connectivity index (χ1) is 13.1. The van der Waals surface area contributed by atoms with Gasteiger partial charge in [0.1, 0.15) is 0 Å². The lowest BCUT2D eigenvalue weighted by molar-refractivity contribution is -0.118. The predicted molar refractivity (Wildman–Crippen MR) is 126 cm³/mol. The number of rotatable bonds is 16. The third-order valence-electron chi connectivity index (χ3n) is 6.29. The van der Waals surface area contributed by atoms with E-state index in [9.17, 15) is 4.79 Å². The van der Waals surface area contributed by atoms with Crippen molar-refractivity contribution >= 4 is 14.2 Å². The van der Waals surface area contributed by atoms with Gasteiger partial charge in [0.25, 0.3) is 0 Å². The van der Waals surface area contributed by atoms with Gasteiger partial charge in [0, 0.05) is 18.7 Å². The number of hydrogen-bond acceptors (Lipinski definition) is 2. The van der Waals surface area contributed by atoms with Gasteiger partial charge in [-0.1, -0.05) is 87.7 Å². The zero-order valence-corrected chi connectivity index (χ0v) is 21.2. The van der Waals surface area contributed by atoms with E-state index in [1.807, 2.05) is 0 Å². The van der Waals surface area contributed by atoms with Gasteiger partial charge in [-0.3, -0.25) is 4.79 Å². The van der Waals surface area contributed by atoms with Crippen LogP contribution < -0.4 is 5.32 Å². The van der Waals surface area contributed by atoms with Crippen LogP contribution in [0.3, 0.4) is 0 Å². The second kappa shape index (κ2) is 14.4. The zero-order valence-electron chi connectivity index (χ0n) is 20.2. The number of unbranched alkanes of at least 4 members (excludes halogenated alkanes) is 4. The second-order valence-corrected chi connectivity index (χ2v) is 14.9. The highest BCUT2D eigenvalue weighted by molar-refractivity contribution is 6.77. The minimum atomic E-state index is -1.71. The maximum atomic E-state index is 12.1. The van der Waals surface area contributed by atoms with Gasteiger partial charge in [-0.15, -0.1) is 0 Å². The molecule has 0 radical (unpaired) electrons. The second-order valence-electron chi connectivity index (χ2n) is 9.40. The van der Waals surface area contributed by atoms with Gasteiger partial charge in [-0.25, -0.2) is 0 Å². The summed E-state index contributed by atoms with van der Waals surface area (Å²) in [6, 6.07) is 0. The molecule has 1 amide bonds. The molecule has 0 aliphatic carbocycles. The first kappa shape index (κ1) is 27.4. The van der Waals surface area contributed by atoms with E-state index in [1.54, 1.807) is 0 Å². The van der Waals surface area contributed by atoms with Crippen LogP contribution in [0.25, 0.3) is 0 Å². The third-order valence-corrected chi connectivity index (χ3v) is 12.4. The lowest BCUT2D eigenvalue weighted by Crippen LogP contribution is -2.47. The van der Waals surface area contributed by atoms with Gasteiger partial charge < -0.3 is 9.74 Å². The fraction of sp³-hybridized carbons (Fsp3) is 0.875. The summed E-state index contributed by atoms with van der Waals surface area (Å²) in [5.41, 5.74) is 2.70. The predicted octanol–water partition coefficient (Wildman–Crippen LogP) is 7.24. The van der Waals surface area contributed by atoms with Crippen molar-refractivity contribution in [3.63, 3.8) is 0 Å². The molecule has 0 spiro atoms. The number of carbonyl (C=O) groups is 1. The van der Waals surface area contributed by atoms with Gasteiger partial charge in [0.2, 0.25) is 5.91 Å². The van der Waals surface area contributed by atoms with Crippen molar-refractivity contribution in [1.29, 1.82) is 0 Å². The van der Waals surface area contributed by atoms with Crippen LogP contribution in [0.15, 0.2) is 12.2 Å². The lowest BCUT2D eigenvalue weighted by Gasteiger charge is -2.42. The molecule has 0 aromatic carbocycles. The Morgan fingerprint density at radius 1 is 0.893 bits per heavy atom. The molecule has 0 aromatic rings. The standard InChI is InChI=1S/C24H49NO2Si/c1-10-11-17-25-24(26)23(9)22(8)16-14-12-13-15-18-27-28(19(2)3,20(4)5)21(6)7/h19-22H,9-18H2,1-8H3,(H,25,26). The molecule has 1 N–H and O–H groups in total. The minimum Gasteiger partial charge on any atom is -0.416 e. The molecule has 0 bridgehead atoms. The Balaban J connectivity index is 4.11. The summed E-state index contributed by atoms with van der Waals surface area (Å²) < 4.78 is 6.63. The number of hydrogen-bond donors (Lipinski definition) is 1. The highest BCUT2D eigenvalue weighted by Gasteiger charge is 2.44. The normalized spacial score (nSPS) is 13.4. The molecule has 4 heteroatoms. The Hall–Kier alpha value is -0.613. The van der Waals surface area contributed by atoms with Crippen LogP contribution in [-0.2, 0) is 9.22 Å². The van der Waals surface area contributed by atoms with Gasteiger partial charge in [-0.2, -0.15) is 0 Å².